The van der Waals surface area contributed by atoms with Crippen LogP contribution in [-0.2, 0) is 5.41 Å². The van der Waals surface area contributed by atoms with Crippen LogP contribution in [0, 0.1) is 0 Å². The molecule has 62 heavy (non-hydrogen) atoms. The Labute approximate surface area is 358 Å². The van der Waals surface area contributed by atoms with Crippen LogP contribution >= 0.6 is 0 Å². The molecule has 0 atom stereocenters. The molecule has 12 aromatic rings. The van der Waals surface area contributed by atoms with Crippen molar-refractivity contribution < 1.29 is 8.83 Å². The van der Waals surface area contributed by atoms with Crippen molar-refractivity contribution in [2.45, 2.75) is 5.41 Å². The van der Waals surface area contributed by atoms with Crippen LogP contribution in [0.3, 0.4) is 0 Å². The van der Waals surface area contributed by atoms with Crippen LogP contribution in [0.5, 0.6) is 0 Å². The summed E-state index contributed by atoms with van der Waals surface area (Å²) >= 11 is 0. The lowest BCUT2D eigenvalue weighted by molar-refractivity contribution is 0.669. The van der Waals surface area contributed by atoms with Gasteiger partial charge in [0.25, 0.3) is 0 Å². The quantitative estimate of drug-likeness (QED) is 0.168. The molecule has 0 unspecified atom stereocenters. The van der Waals surface area contributed by atoms with Crippen LogP contribution in [0.15, 0.2) is 233 Å². The number of anilines is 3. The third kappa shape index (κ3) is 5.00. The topological polar surface area (TPSA) is 29.5 Å². The Kier molecular flexibility index (Phi) is 7.52. The van der Waals surface area contributed by atoms with Gasteiger partial charge in [-0.2, -0.15) is 0 Å². The van der Waals surface area contributed by atoms with E-state index in [1.807, 2.05) is 12.1 Å². The lowest BCUT2D eigenvalue weighted by Gasteiger charge is -2.35. The minimum atomic E-state index is -0.554. The van der Waals surface area contributed by atoms with Crippen molar-refractivity contribution >= 4 is 71.7 Å². The summed E-state index contributed by atoms with van der Waals surface area (Å²) in [6, 6.07) is 81.1. The smallest absolute Gasteiger partial charge is 0.143 e. The molecule has 0 amide bonds. The first kappa shape index (κ1) is 34.7. The number of furan rings is 2. The molecule has 1 aliphatic rings. The number of para-hydroxylation sites is 3. The highest BCUT2D eigenvalue weighted by Crippen LogP contribution is 2.57. The molecule has 290 valence electrons. The number of hydrogen-bond acceptors (Lipinski definition) is 3. The third-order valence-corrected chi connectivity index (χ3v) is 13.1. The van der Waals surface area contributed by atoms with Gasteiger partial charge in [-0.25, -0.2) is 0 Å². The van der Waals surface area contributed by atoms with E-state index in [0.717, 1.165) is 77.5 Å². The number of rotatable bonds is 6. The molecule has 1 aliphatic carbocycles. The number of benzene rings is 10. The molecule has 0 saturated heterocycles. The zero-order chi connectivity index (χ0) is 40.8. The largest absolute Gasteiger partial charge is 0.456 e. The van der Waals surface area contributed by atoms with Gasteiger partial charge in [0, 0.05) is 50.1 Å². The van der Waals surface area contributed by atoms with E-state index in [1.54, 1.807) is 0 Å². The molecular formula is C59H37NO2. The molecule has 10 aromatic carbocycles. The molecule has 0 saturated carbocycles. The third-order valence-electron chi connectivity index (χ3n) is 13.1. The van der Waals surface area contributed by atoms with Crippen LogP contribution in [0.4, 0.5) is 17.1 Å². The van der Waals surface area contributed by atoms with Crippen molar-refractivity contribution in [3.8, 4) is 22.3 Å². The van der Waals surface area contributed by atoms with Crippen molar-refractivity contribution in [3.63, 3.8) is 0 Å². The lowest BCUT2D eigenvalue weighted by Crippen LogP contribution is -2.28. The van der Waals surface area contributed by atoms with Crippen molar-refractivity contribution in [2.24, 2.45) is 0 Å². The van der Waals surface area contributed by atoms with Gasteiger partial charge in [0.15, 0.2) is 0 Å². The zero-order valence-corrected chi connectivity index (χ0v) is 33.6. The molecule has 0 fully saturated rings. The second-order valence-corrected chi connectivity index (χ2v) is 16.4. The van der Waals surface area contributed by atoms with E-state index in [1.165, 1.54) is 38.8 Å². The van der Waals surface area contributed by atoms with Gasteiger partial charge in [-0.05, 0) is 92.7 Å². The standard InChI is InChI=1S/C59H37NO2/c1-3-18-40(19-4-1)59(41-20-5-2-6-21-41)52-27-12-9-22-44(52)45-32-30-42(36-53(45)59)60(43-31-33-48-47-24-11-14-29-55(47)61-57(48)37-43)54-28-13-10-23-46(54)49-25-15-26-50-51-34-38-16-7-8-17-39(38)35-56(51)62-58(49)50/h1-37H. The molecule has 2 aromatic heterocycles. The fourth-order valence-corrected chi connectivity index (χ4v) is 10.4. The molecule has 13 rings (SSSR count). The van der Waals surface area contributed by atoms with E-state index in [4.69, 9.17) is 8.83 Å². The Morgan fingerprint density at radius 1 is 0.323 bits per heavy atom. The predicted molar refractivity (Wildman–Crippen MR) is 256 cm³/mol. The van der Waals surface area contributed by atoms with Crippen molar-refractivity contribution in [1.29, 1.82) is 0 Å². The summed E-state index contributed by atoms with van der Waals surface area (Å²) in [6.07, 6.45) is 0. The first-order valence-corrected chi connectivity index (χ1v) is 21.2. The Hall–Kier alpha value is -8.14. The minimum absolute atomic E-state index is 0.554. The average molecular weight is 792 g/mol. The normalized spacial score (nSPS) is 13.0. The van der Waals surface area contributed by atoms with Crippen LogP contribution in [0.1, 0.15) is 22.3 Å². The van der Waals surface area contributed by atoms with Crippen molar-refractivity contribution in [2.75, 3.05) is 4.90 Å². The first-order valence-electron chi connectivity index (χ1n) is 21.2. The maximum Gasteiger partial charge on any atom is 0.143 e. The van der Waals surface area contributed by atoms with Crippen LogP contribution in [0.25, 0.3) is 76.9 Å². The van der Waals surface area contributed by atoms with Gasteiger partial charge in [-0.1, -0.05) is 170 Å². The lowest BCUT2D eigenvalue weighted by atomic mass is 9.67. The Morgan fingerprint density at radius 3 is 1.73 bits per heavy atom. The average Bonchev–Trinajstić information content (AvgIpc) is 3.99. The molecule has 2 heterocycles. The number of fused-ring (bicyclic) bond motifs is 10. The van der Waals surface area contributed by atoms with Gasteiger partial charge in [0.1, 0.15) is 22.3 Å². The molecule has 0 bridgehead atoms. The van der Waals surface area contributed by atoms with Gasteiger partial charge in [0.2, 0.25) is 0 Å². The molecule has 0 aliphatic heterocycles. The Balaban J connectivity index is 1.09. The minimum Gasteiger partial charge on any atom is -0.456 e. The van der Waals surface area contributed by atoms with E-state index in [-0.39, 0.29) is 0 Å². The summed E-state index contributed by atoms with van der Waals surface area (Å²) in [4.78, 5) is 2.40. The first-order chi connectivity index (χ1) is 30.7. The molecular weight excluding hydrogens is 755 g/mol. The van der Waals surface area contributed by atoms with Crippen LogP contribution in [0.2, 0.25) is 0 Å². The van der Waals surface area contributed by atoms with Crippen LogP contribution < -0.4 is 4.90 Å². The molecule has 3 nitrogen and oxygen atoms in total. The summed E-state index contributed by atoms with van der Waals surface area (Å²) in [5.74, 6) is 0. The molecule has 0 radical (unpaired) electrons. The van der Waals surface area contributed by atoms with E-state index >= 15 is 0 Å². The zero-order valence-electron chi connectivity index (χ0n) is 33.6. The Bertz CT molecular complexity index is 3670. The van der Waals surface area contributed by atoms with Crippen molar-refractivity contribution in [1.82, 2.24) is 0 Å². The monoisotopic (exact) mass is 791 g/mol. The second-order valence-electron chi connectivity index (χ2n) is 16.4. The highest BCUT2D eigenvalue weighted by molar-refractivity contribution is 6.14. The molecule has 3 heteroatoms. The van der Waals surface area contributed by atoms with Gasteiger partial charge >= 0.3 is 0 Å². The summed E-state index contributed by atoms with van der Waals surface area (Å²) in [7, 11) is 0. The summed E-state index contributed by atoms with van der Waals surface area (Å²) < 4.78 is 13.4. The van der Waals surface area contributed by atoms with Gasteiger partial charge in [0.05, 0.1) is 11.1 Å². The fourth-order valence-electron chi connectivity index (χ4n) is 10.4. The van der Waals surface area contributed by atoms with Gasteiger partial charge < -0.3 is 13.7 Å². The van der Waals surface area contributed by atoms with Gasteiger partial charge in [-0.3, -0.25) is 0 Å². The highest BCUT2D eigenvalue weighted by Gasteiger charge is 2.46. The van der Waals surface area contributed by atoms with E-state index in [0.29, 0.717) is 0 Å². The maximum absolute atomic E-state index is 6.87. The van der Waals surface area contributed by atoms with Crippen molar-refractivity contribution in [3.05, 3.63) is 247 Å². The van der Waals surface area contributed by atoms with Gasteiger partial charge in [-0.15, -0.1) is 0 Å². The summed E-state index contributed by atoms with van der Waals surface area (Å²) in [6.45, 7) is 0. The number of nitrogens with zero attached hydrogens (tertiary/aromatic N) is 1. The SMILES string of the molecule is c1ccc(C2(c3ccccc3)c3ccccc3-c3ccc(N(c4ccc5c(c4)oc4ccccc45)c4ccccc4-c4cccc5c4oc4cc6ccccc6cc45)cc32)cc1. The molecule has 0 N–H and O–H groups in total. The summed E-state index contributed by atoms with van der Waals surface area (Å²) in [5.41, 5.74) is 15.5. The van der Waals surface area contributed by atoms with E-state index in [9.17, 15) is 0 Å². The highest BCUT2D eigenvalue weighted by atomic mass is 16.3. The van der Waals surface area contributed by atoms with E-state index in [2.05, 4.69) is 217 Å². The Morgan fingerprint density at radius 2 is 0.903 bits per heavy atom. The molecule has 0 spiro atoms. The second kappa shape index (κ2) is 13.4. The van der Waals surface area contributed by atoms with E-state index < -0.39 is 5.41 Å². The summed E-state index contributed by atoms with van der Waals surface area (Å²) in [5, 5.41) is 6.76. The predicted octanol–water partition coefficient (Wildman–Crippen LogP) is 16.1. The number of hydrogen-bond donors (Lipinski definition) is 0. The maximum atomic E-state index is 6.87. The fraction of sp³-hybridized carbons (Fsp3) is 0.0169. The van der Waals surface area contributed by atoms with Crippen LogP contribution in [-0.4, -0.2) is 0 Å².